The minimum atomic E-state index is -1.08. The van der Waals surface area contributed by atoms with Gasteiger partial charge in [-0.15, -0.1) is 0 Å². The SMILES string of the molecule is CC(=O)[O-].CC(=O)[O-].CC(=O)[O-].NCC(N)O.[Fe+3]. The summed E-state index contributed by atoms with van der Waals surface area (Å²) in [6.45, 7) is 3.06. The molecule has 0 saturated heterocycles. The van der Waals surface area contributed by atoms with Crippen LogP contribution in [0.2, 0.25) is 0 Å². The summed E-state index contributed by atoms with van der Waals surface area (Å²) in [6, 6.07) is 0. The molecule has 10 heteroatoms. The molecule has 0 heterocycles. The number of rotatable bonds is 1. The van der Waals surface area contributed by atoms with E-state index in [1.165, 1.54) is 0 Å². The number of carbonyl (C=O) groups is 3. The van der Waals surface area contributed by atoms with Crippen molar-refractivity contribution in [3.8, 4) is 0 Å². The number of nitrogens with two attached hydrogens (primary N) is 2. The zero-order valence-corrected chi connectivity index (χ0v) is 11.3. The average molecular weight is 309 g/mol. The number of aliphatic carboxylic acids is 3. The van der Waals surface area contributed by atoms with Gasteiger partial charge < -0.3 is 46.3 Å². The van der Waals surface area contributed by atoms with Crippen LogP contribution >= 0.6 is 0 Å². The van der Waals surface area contributed by atoms with Crippen LogP contribution in [-0.2, 0) is 31.5 Å². The van der Waals surface area contributed by atoms with Gasteiger partial charge in [0.2, 0.25) is 0 Å². The first kappa shape index (κ1) is 30.1. The summed E-state index contributed by atoms with van der Waals surface area (Å²) in [7, 11) is 0. The van der Waals surface area contributed by atoms with Gasteiger partial charge in [0, 0.05) is 24.5 Å². The number of hydrogen-bond donors (Lipinski definition) is 3. The second-order valence-corrected chi connectivity index (χ2v) is 2.28. The molecule has 0 aromatic rings. The van der Waals surface area contributed by atoms with Gasteiger partial charge in [-0.05, 0) is 20.8 Å². The Morgan fingerprint density at radius 2 is 1.06 bits per heavy atom. The molecule has 0 aromatic carbocycles. The Labute approximate surface area is 115 Å². The molecule has 0 fully saturated rings. The molecule has 1 atom stereocenters. The van der Waals surface area contributed by atoms with Crippen molar-refractivity contribution in [1.82, 2.24) is 0 Å². The van der Waals surface area contributed by atoms with Crippen molar-refractivity contribution in [3.05, 3.63) is 0 Å². The largest absolute Gasteiger partial charge is 3.00 e. The summed E-state index contributed by atoms with van der Waals surface area (Å²) in [5, 5.41) is 34.7. The number of carboxylic acids is 3. The number of aliphatic hydroxyl groups is 1. The van der Waals surface area contributed by atoms with E-state index in [-0.39, 0.29) is 23.6 Å². The molecule has 109 valence electrons. The standard InChI is InChI=1S/C2H8N2O.3C2H4O2.Fe/c3-1-2(4)5;3*1-2(3)4;/h2,5H,1,3-4H2;3*1H3,(H,3,4);/q;;;;+3/p-3. The van der Waals surface area contributed by atoms with Crippen molar-refractivity contribution < 1.29 is 51.9 Å². The average Bonchev–Trinajstić information content (AvgIpc) is 2.00. The molecule has 5 N–H and O–H groups in total. The van der Waals surface area contributed by atoms with Gasteiger partial charge in [0.05, 0.1) is 0 Å². The number of aliphatic hydroxyl groups excluding tert-OH is 1. The fourth-order valence-corrected chi connectivity index (χ4v) is 0. The Balaban J connectivity index is -0.0000000412. The quantitative estimate of drug-likeness (QED) is 0.313. The van der Waals surface area contributed by atoms with Crippen molar-refractivity contribution in [3.63, 3.8) is 0 Å². The molecule has 0 aliphatic rings. The van der Waals surface area contributed by atoms with Gasteiger partial charge >= 0.3 is 17.1 Å². The molecule has 0 bridgehead atoms. The smallest absolute Gasteiger partial charge is 0.550 e. The molecule has 18 heavy (non-hydrogen) atoms. The number of carbonyl (C=O) groups excluding carboxylic acids is 3. The number of carboxylic acid groups (broad SMARTS) is 3. The van der Waals surface area contributed by atoms with E-state index in [9.17, 15) is 0 Å². The third-order valence-corrected chi connectivity index (χ3v) is 0.241. The van der Waals surface area contributed by atoms with Crippen LogP contribution in [0.5, 0.6) is 0 Å². The van der Waals surface area contributed by atoms with E-state index in [2.05, 4.69) is 0 Å². The van der Waals surface area contributed by atoms with E-state index in [0.717, 1.165) is 20.8 Å². The first-order chi connectivity index (χ1) is 7.47. The topological polar surface area (TPSA) is 193 Å². The van der Waals surface area contributed by atoms with Gasteiger partial charge in [0.15, 0.2) is 0 Å². The summed E-state index contributed by atoms with van der Waals surface area (Å²) in [5.41, 5.74) is 9.52. The zero-order valence-electron chi connectivity index (χ0n) is 10.2. The van der Waals surface area contributed by atoms with Crippen LogP contribution in [0.4, 0.5) is 0 Å². The van der Waals surface area contributed by atoms with Crippen LogP contribution in [-0.4, -0.2) is 35.8 Å². The molecule has 0 aromatic heterocycles. The zero-order chi connectivity index (χ0) is 15.0. The van der Waals surface area contributed by atoms with Gasteiger partial charge in [-0.3, -0.25) is 0 Å². The second-order valence-electron chi connectivity index (χ2n) is 2.28. The fraction of sp³-hybridized carbons (Fsp3) is 0.625. The molecule has 0 amide bonds. The maximum absolute atomic E-state index is 8.89. The Morgan fingerprint density at radius 1 is 1.00 bits per heavy atom. The number of hydrogen-bond acceptors (Lipinski definition) is 9. The molecule has 0 aliphatic heterocycles. The van der Waals surface area contributed by atoms with Gasteiger partial charge in [0.1, 0.15) is 6.23 Å². The van der Waals surface area contributed by atoms with Gasteiger partial charge in [0.25, 0.3) is 0 Å². The van der Waals surface area contributed by atoms with Gasteiger partial charge in [-0.2, -0.15) is 0 Å². The van der Waals surface area contributed by atoms with Gasteiger partial charge in [-0.25, -0.2) is 0 Å². The molecule has 9 nitrogen and oxygen atoms in total. The predicted octanol–water partition coefficient (Wildman–Crippen LogP) is -5.51. The normalized spacial score (nSPS) is 8.33. The summed E-state index contributed by atoms with van der Waals surface area (Å²) in [4.78, 5) is 26.7. The van der Waals surface area contributed by atoms with E-state index in [0.29, 0.717) is 0 Å². The third kappa shape index (κ3) is 4310. The third-order valence-electron chi connectivity index (χ3n) is 0.241. The van der Waals surface area contributed by atoms with E-state index in [1.54, 1.807) is 0 Å². The van der Waals surface area contributed by atoms with E-state index in [1.807, 2.05) is 0 Å². The van der Waals surface area contributed by atoms with Crippen molar-refractivity contribution in [2.24, 2.45) is 11.5 Å². The molecule has 0 aliphatic carbocycles. The van der Waals surface area contributed by atoms with E-state index >= 15 is 0 Å². The maximum atomic E-state index is 8.89. The maximum Gasteiger partial charge on any atom is 3.00 e. The van der Waals surface area contributed by atoms with Crippen LogP contribution in [0.25, 0.3) is 0 Å². The predicted molar refractivity (Wildman–Crippen MR) is 51.3 cm³/mol. The van der Waals surface area contributed by atoms with Crippen molar-refractivity contribution >= 4 is 17.9 Å². The van der Waals surface area contributed by atoms with Gasteiger partial charge in [-0.1, -0.05) is 0 Å². The minimum absolute atomic E-state index is 0. The molecular weight excluding hydrogens is 292 g/mol. The molecule has 0 rings (SSSR count). The molecule has 0 saturated carbocycles. The molecule has 1 unspecified atom stereocenters. The van der Waals surface area contributed by atoms with E-state index in [4.69, 9.17) is 46.3 Å². The Bertz CT molecular complexity index is 171. The van der Waals surface area contributed by atoms with E-state index < -0.39 is 24.1 Å². The second kappa shape index (κ2) is 24.9. The summed E-state index contributed by atoms with van der Waals surface area (Å²) < 4.78 is 0. The molecular formula is C8H17FeN2O7. The van der Waals surface area contributed by atoms with Crippen LogP contribution < -0.4 is 26.8 Å². The summed E-state index contributed by atoms with van der Waals surface area (Å²) in [5.74, 6) is -3.25. The van der Waals surface area contributed by atoms with Crippen LogP contribution in [0.3, 0.4) is 0 Å². The Kier molecular flexibility index (Phi) is 41.6. The van der Waals surface area contributed by atoms with Crippen LogP contribution in [0, 0.1) is 0 Å². The van der Waals surface area contributed by atoms with Crippen molar-refractivity contribution in [2.75, 3.05) is 6.54 Å². The summed E-state index contributed by atoms with van der Waals surface area (Å²) >= 11 is 0. The van der Waals surface area contributed by atoms with Crippen LogP contribution in [0.15, 0.2) is 0 Å². The Hall–Kier alpha value is -1.19. The first-order valence-electron chi connectivity index (χ1n) is 4.13. The van der Waals surface area contributed by atoms with Crippen molar-refractivity contribution in [2.45, 2.75) is 27.0 Å². The molecule has 1 radical (unpaired) electrons. The summed E-state index contributed by atoms with van der Waals surface area (Å²) in [6.07, 6.45) is -0.838. The monoisotopic (exact) mass is 309 g/mol. The molecule has 0 spiro atoms. The Morgan fingerprint density at radius 3 is 1.06 bits per heavy atom. The fourth-order valence-electron chi connectivity index (χ4n) is 0. The first-order valence-corrected chi connectivity index (χ1v) is 4.13. The van der Waals surface area contributed by atoms with Crippen LogP contribution in [0.1, 0.15) is 20.8 Å². The minimum Gasteiger partial charge on any atom is -0.550 e. The van der Waals surface area contributed by atoms with Crippen molar-refractivity contribution in [1.29, 1.82) is 0 Å².